The highest BCUT2D eigenvalue weighted by molar-refractivity contribution is 5.98. The van der Waals surface area contributed by atoms with Gasteiger partial charge in [-0.3, -0.25) is 14.9 Å². The topological polar surface area (TPSA) is 140 Å². The Kier molecular flexibility index (Phi) is 4.58. The average molecular weight is 333 g/mol. The number of carboxylic acids is 1. The lowest BCUT2D eigenvalue weighted by Crippen LogP contribution is -2.51. The molecule has 1 aromatic heterocycles. The zero-order chi connectivity index (χ0) is 17.9. The van der Waals surface area contributed by atoms with Crippen LogP contribution in [0.25, 0.3) is 5.69 Å². The van der Waals surface area contributed by atoms with E-state index >= 15 is 0 Å². The van der Waals surface area contributed by atoms with E-state index in [1.165, 1.54) is 36.4 Å². The fourth-order valence-electron chi connectivity index (χ4n) is 1.95. The third kappa shape index (κ3) is 3.21. The summed E-state index contributed by atoms with van der Waals surface area (Å²) < 4.78 is 1.20. The first-order valence-electron chi connectivity index (χ1n) is 6.98. The van der Waals surface area contributed by atoms with Gasteiger partial charge in [-0.25, -0.2) is 14.5 Å². The molecular weight excluding hydrogens is 318 g/mol. The van der Waals surface area contributed by atoms with Crippen molar-refractivity contribution in [2.45, 2.75) is 25.8 Å². The molecule has 0 aliphatic carbocycles. The molecule has 0 saturated heterocycles. The molecule has 1 aromatic carbocycles. The molecule has 2 N–H and O–H groups in total. The molecule has 0 radical (unpaired) electrons. The number of benzene rings is 1. The Morgan fingerprint density at radius 3 is 2.67 bits per heavy atom. The van der Waals surface area contributed by atoms with Crippen LogP contribution in [0.5, 0.6) is 0 Å². The lowest BCUT2D eigenvalue weighted by molar-refractivity contribution is -0.384. The number of rotatable bonds is 6. The number of nitrogens with one attached hydrogen (secondary N) is 1. The van der Waals surface area contributed by atoms with E-state index in [-0.39, 0.29) is 23.4 Å². The van der Waals surface area contributed by atoms with Crippen LogP contribution >= 0.6 is 0 Å². The van der Waals surface area contributed by atoms with Crippen LogP contribution in [0.3, 0.4) is 0 Å². The quantitative estimate of drug-likeness (QED) is 0.597. The number of carbonyl (C=O) groups excluding carboxylic acids is 1. The van der Waals surface area contributed by atoms with Gasteiger partial charge in [0.1, 0.15) is 23.9 Å². The van der Waals surface area contributed by atoms with E-state index in [0.29, 0.717) is 0 Å². The van der Waals surface area contributed by atoms with Gasteiger partial charge in [0.25, 0.3) is 11.6 Å². The number of carboxylic acid groups (broad SMARTS) is 1. The molecule has 126 valence electrons. The average Bonchev–Trinajstić information content (AvgIpc) is 3.08. The number of nitro groups is 1. The standard InChI is InChI=1S/C14H15N5O5/c1-3-14(2,13(21)22)17-12(20)9-4-5-10(11(6-9)19(23)24)18-8-15-7-16-18/h4-8H,3H2,1-2H3,(H,17,20)(H,21,22). The predicted octanol–water partition coefficient (Wildman–Crippen LogP) is 1.16. The zero-order valence-electron chi connectivity index (χ0n) is 13.0. The van der Waals surface area contributed by atoms with Crippen molar-refractivity contribution in [2.75, 3.05) is 0 Å². The van der Waals surface area contributed by atoms with Crippen molar-refractivity contribution in [1.29, 1.82) is 0 Å². The number of hydrogen-bond donors (Lipinski definition) is 2. The molecular formula is C14H15N5O5. The lowest BCUT2D eigenvalue weighted by atomic mass is 9.98. The Hall–Kier alpha value is -3.30. The molecule has 1 heterocycles. The van der Waals surface area contributed by atoms with Crippen LogP contribution in [-0.2, 0) is 4.79 Å². The van der Waals surface area contributed by atoms with Crippen molar-refractivity contribution in [2.24, 2.45) is 0 Å². The fourth-order valence-corrected chi connectivity index (χ4v) is 1.95. The summed E-state index contributed by atoms with van der Waals surface area (Å²) in [4.78, 5) is 37.9. The molecule has 24 heavy (non-hydrogen) atoms. The Morgan fingerprint density at radius 2 is 2.17 bits per heavy atom. The monoisotopic (exact) mass is 333 g/mol. The Balaban J connectivity index is 2.39. The number of hydrogen-bond acceptors (Lipinski definition) is 6. The summed E-state index contributed by atoms with van der Waals surface area (Å²) in [6.07, 6.45) is 2.68. The second kappa shape index (κ2) is 6.44. The number of aliphatic carboxylic acids is 1. The van der Waals surface area contributed by atoms with E-state index in [2.05, 4.69) is 15.4 Å². The second-order valence-electron chi connectivity index (χ2n) is 5.25. The first-order chi connectivity index (χ1) is 11.3. The SMILES string of the molecule is CCC(C)(NC(=O)c1ccc(-n2cncn2)c([N+](=O)[O-])c1)C(=O)O. The van der Waals surface area contributed by atoms with Gasteiger partial charge in [-0.1, -0.05) is 6.92 Å². The van der Waals surface area contributed by atoms with Crippen molar-refractivity contribution in [3.63, 3.8) is 0 Å². The van der Waals surface area contributed by atoms with E-state index in [4.69, 9.17) is 0 Å². The summed E-state index contributed by atoms with van der Waals surface area (Å²) in [5.41, 5.74) is -1.69. The van der Waals surface area contributed by atoms with Gasteiger partial charge in [0.2, 0.25) is 0 Å². The van der Waals surface area contributed by atoms with Gasteiger partial charge < -0.3 is 10.4 Å². The number of nitro benzene ring substituents is 1. The summed E-state index contributed by atoms with van der Waals surface area (Å²) in [6, 6.07) is 3.79. The van der Waals surface area contributed by atoms with Crippen LogP contribution in [0.2, 0.25) is 0 Å². The van der Waals surface area contributed by atoms with Crippen LogP contribution in [0.1, 0.15) is 30.6 Å². The predicted molar refractivity (Wildman–Crippen MR) is 81.8 cm³/mol. The Morgan fingerprint density at radius 1 is 1.46 bits per heavy atom. The molecule has 10 heteroatoms. The fraction of sp³-hybridized carbons (Fsp3) is 0.286. The first-order valence-corrected chi connectivity index (χ1v) is 6.98. The number of nitrogens with zero attached hydrogens (tertiary/aromatic N) is 4. The highest BCUT2D eigenvalue weighted by Crippen LogP contribution is 2.24. The Labute approximate surface area is 136 Å². The third-order valence-electron chi connectivity index (χ3n) is 3.67. The smallest absolute Gasteiger partial charge is 0.329 e. The van der Waals surface area contributed by atoms with Crippen molar-refractivity contribution in [3.05, 3.63) is 46.5 Å². The minimum Gasteiger partial charge on any atom is -0.480 e. The third-order valence-corrected chi connectivity index (χ3v) is 3.67. The summed E-state index contributed by atoms with van der Waals surface area (Å²) >= 11 is 0. The molecule has 0 spiro atoms. The molecule has 1 amide bonds. The second-order valence-corrected chi connectivity index (χ2v) is 5.25. The van der Waals surface area contributed by atoms with Gasteiger partial charge >= 0.3 is 5.97 Å². The highest BCUT2D eigenvalue weighted by Gasteiger charge is 2.33. The van der Waals surface area contributed by atoms with Crippen LogP contribution in [-0.4, -0.2) is 42.2 Å². The van der Waals surface area contributed by atoms with Crippen molar-refractivity contribution in [3.8, 4) is 5.69 Å². The normalized spacial score (nSPS) is 13.1. The van der Waals surface area contributed by atoms with Gasteiger partial charge in [-0.15, -0.1) is 0 Å². The van der Waals surface area contributed by atoms with Gasteiger partial charge in [0.15, 0.2) is 0 Å². The van der Waals surface area contributed by atoms with Crippen LogP contribution in [0.15, 0.2) is 30.9 Å². The zero-order valence-corrected chi connectivity index (χ0v) is 13.0. The molecule has 1 atom stereocenters. The maximum atomic E-state index is 12.3. The van der Waals surface area contributed by atoms with Crippen LogP contribution < -0.4 is 5.32 Å². The van der Waals surface area contributed by atoms with Gasteiger partial charge in [0, 0.05) is 11.6 Å². The van der Waals surface area contributed by atoms with E-state index < -0.39 is 22.3 Å². The molecule has 10 nitrogen and oxygen atoms in total. The lowest BCUT2D eigenvalue weighted by Gasteiger charge is -2.24. The van der Waals surface area contributed by atoms with Crippen molar-refractivity contribution in [1.82, 2.24) is 20.1 Å². The summed E-state index contributed by atoms with van der Waals surface area (Å²) in [5.74, 6) is -1.90. The molecule has 2 aromatic rings. The maximum absolute atomic E-state index is 12.3. The van der Waals surface area contributed by atoms with Crippen LogP contribution in [0.4, 0.5) is 5.69 Å². The minimum absolute atomic E-state index is 0.0218. The summed E-state index contributed by atoms with van der Waals surface area (Å²) in [7, 11) is 0. The largest absolute Gasteiger partial charge is 0.480 e. The van der Waals surface area contributed by atoms with Crippen LogP contribution in [0, 0.1) is 10.1 Å². The number of carbonyl (C=O) groups is 2. The van der Waals surface area contributed by atoms with E-state index in [1.807, 2.05) is 0 Å². The van der Waals surface area contributed by atoms with Gasteiger partial charge in [0.05, 0.1) is 4.92 Å². The molecule has 0 aliphatic heterocycles. The van der Waals surface area contributed by atoms with Crippen molar-refractivity contribution < 1.29 is 19.6 Å². The molecule has 0 bridgehead atoms. The van der Waals surface area contributed by atoms with E-state index in [1.54, 1.807) is 6.92 Å². The van der Waals surface area contributed by atoms with E-state index in [0.717, 1.165) is 6.07 Å². The van der Waals surface area contributed by atoms with Gasteiger partial charge in [-0.2, -0.15) is 5.10 Å². The molecule has 2 rings (SSSR count). The summed E-state index contributed by atoms with van der Waals surface area (Å²) in [6.45, 7) is 2.98. The molecule has 0 saturated carbocycles. The minimum atomic E-state index is -1.46. The van der Waals surface area contributed by atoms with E-state index in [9.17, 15) is 24.8 Å². The first kappa shape index (κ1) is 17.1. The molecule has 0 fully saturated rings. The number of amides is 1. The molecule has 0 aliphatic rings. The molecule has 1 unspecified atom stereocenters. The Bertz CT molecular complexity index is 789. The number of aromatic nitrogens is 3. The van der Waals surface area contributed by atoms with Gasteiger partial charge in [-0.05, 0) is 25.5 Å². The summed E-state index contributed by atoms with van der Waals surface area (Å²) in [5, 5.41) is 26.7. The maximum Gasteiger partial charge on any atom is 0.329 e. The van der Waals surface area contributed by atoms with Crippen molar-refractivity contribution >= 4 is 17.6 Å². The highest BCUT2D eigenvalue weighted by atomic mass is 16.6.